The molecule has 2 aromatic rings. The molecule has 8 heteroatoms. The highest BCUT2D eigenvalue weighted by Crippen LogP contribution is 2.25. The summed E-state index contributed by atoms with van der Waals surface area (Å²) in [6.45, 7) is 0. The van der Waals surface area contributed by atoms with Gasteiger partial charge in [0.1, 0.15) is 0 Å². The highest BCUT2D eigenvalue weighted by Gasteiger charge is 2.05. The third kappa shape index (κ3) is 3.96. The molecular weight excluding hydrogens is 311 g/mol. The van der Waals surface area contributed by atoms with Gasteiger partial charge in [0.05, 0.1) is 10.0 Å². The van der Waals surface area contributed by atoms with E-state index in [1.807, 2.05) is 0 Å². The predicted octanol–water partition coefficient (Wildman–Crippen LogP) is 4.08. The Morgan fingerprint density at radius 3 is 2.37 bits per heavy atom. The van der Waals surface area contributed by atoms with E-state index in [-0.39, 0.29) is 11.0 Å². The first-order valence-corrected chi connectivity index (χ1v) is 6.20. The Kier molecular flexibility index (Phi) is 4.42. The van der Waals surface area contributed by atoms with Gasteiger partial charge in [-0.05, 0) is 30.3 Å². The summed E-state index contributed by atoms with van der Waals surface area (Å²) in [7, 11) is 0. The molecule has 5 nitrogen and oxygen atoms in total. The molecule has 0 aliphatic heterocycles. The number of carbonyl (C=O) groups is 1. The number of amides is 2. The van der Waals surface area contributed by atoms with Gasteiger partial charge in [0.25, 0.3) is 0 Å². The fourth-order valence-electron chi connectivity index (χ4n) is 1.24. The number of hydrogen-bond donors (Lipinski definition) is 2. The molecule has 0 fully saturated rings. The van der Waals surface area contributed by atoms with Crippen LogP contribution >= 0.6 is 34.8 Å². The van der Waals surface area contributed by atoms with Gasteiger partial charge in [-0.15, -0.1) is 10.2 Å². The van der Waals surface area contributed by atoms with Crippen LogP contribution in [0.25, 0.3) is 0 Å². The lowest BCUT2D eigenvalue weighted by Gasteiger charge is -2.07. The number of nitrogens with zero attached hydrogens (tertiary/aromatic N) is 2. The van der Waals surface area contributed by atoms with Crippen molar-refractivity contribution in [2.45, 2.75) is 0 Å². The van der Waals surface area contributed by atoms with Crippen molar-refractivity contribution in [1.29, 1.82) is 0 Å². The molecule has 0 unspecified atom stereocenters. The van der Waals surface area contributed by atoms with E-state index in [4.69, 9.17) is 34.8 Å². The summed E-state index contributed by atoms with van der Waals surface area (Å²) in [5.74, 6) is 0.280. The SMILES string of the molecule is O=C(Nc1ccc(Cl)c(Cl)c1)Nc1ccc(Cl)nn1. The fraction of sp³-hybridized carbons (Fsp3) is 0. The van der Waals surface area contributed by atoms with Crippen molar-refractivity contribution >= 4 is 52.3 Å². The van der Waals surface area contributed by atoms with Crippen LogP contribution in [0.15, 0.2) is 30.3 Å². The van der Waals surface area contributed by atoms with E-state index in [1.165, 1.54) is 18.2 Å². The lowest BCUT2D eigenvalue weighted by Crippen LogP contribution is -2.20. The normalized spacial score (nSPS) is 10.1. The van der Waals surface area contributed by atoms with E-state index in [2.05, 4.69) is 20.8 Å². The Balaban J connectivity index is 2.01. The van der Waals surface area contributed by atoms with Crippen molar-refractivity contribution in [2.24, 2.45) is 0 Å². The van der Waals surface area contributed by atoms with Crippen LogP contribution in [0.5, 0.6) is 0 Å². The fourth-order valence-corrected chi connectivity index (χ4v) is 1.63. The van der Waals surface area contributed by atoms with Crippen molar-refractivity contribution in [3.8, 4) is 0 Å². The van der Waals surface area contributed by atoms with Gasteiger partial charge < -0.3 is 5.32 Å². The van der Waals surface area contributed by atoms with E-state index in [1.54, 1.807) is 12.1 Å². The topological polar surface area (TPSA) is 66.9 Å². The molecule has 98 valence electrons. The van der Waals surface area contributed by atoms with Crippen molar-refractivity contribution in [2.75, 3.05) is 10.6 Å². The van der Waals surface area contributed by atoms with E-state index in [0.29, 0.717) is 15.7 Å². The van der Waals surface area contributed by atoms with Crippen molar-refractivity contribution < 1.29 is 4.79 Å². The second-order valence-corrected chi connectivity index (χ2v) is 4.65. The number of anilines is 2. The number of aromatic nitrogens is 2. The molecule has 1 aromatic carbocycles. The molecule has 1 heterocycles. The van der Waals surface area contributed by atoms with Gasteiger partial charge in [-0.2, -0.15) is 0 Å². The van der Waals surface area contributed by atoms with Crippen LogP contribution in [0.1, 0.15) is 0 Å². The first-order valence-electron chi connectivity index (χ1n) is 5.07. The number of urea groups is 1. The van der Waals surface area contributed by atoms with Gasteiger partial charge in [-0.3, -0.25) is 5.32 Å². The molecule has 2 N–H and O–H groups in total. The standard InChI is InChI=1S/C11H7Cl3N4O/c12-7-2-1-6(5-8(7)13)15-11(19)16-10-4-3-9(14)17-18-10/h1-5H,(H2,15,16,18,19). The number of nitrogens with one attached hydrogen (secondary N) is 2. The third-order valence-corrected chi connectivity index (χ3v) is 2.99. The summed E-state index contributed by atoms with van der Waals surface area (Å²) in [5, 5.41) is 13.4. The number of benzene rings is 1. The highest BCUT2D eigenvalue weighted by atomic mass is 35.5. The Morgan fingerprint density at radius 1 is 0.947 bits per heavy atom. The van der Waals surface area contributed by atoms with Crippen LogP contribution in [0.4, 0.5) is 16.3 Å². The molecule has 0 saturated carbocycles. The molecule has 0 radical (unpaired) electrons. The minimum atomic E-state index is -0.477. The Bertz CT molecular complexity index is 603. The Hall–Kier alpha value is -1.56. The zero-order valence-electron chi connectivity index (χ0n) is 9.32. The van der Waals surface area contributed by atoms with E-state index in [9.17, 15) is 4.79 Å². The zero-order valence-corrected chi connectivity index (χ0v) is 11.6. The van der Waals surface area contributed by atoms with Crippen molar-refractivity contribution in [3.63, 3.8) is 0 Å². The van der Waals surface area contributed by atoms with Crippen LogP contribution in [0.3, 0.4) is 0 Å². The van der Waals surface area contributed by atoms with Crippen molar-refractivity contribution in [3.05, 3.63) is 45.5 Å². The molecule has 0 saturated heterocycles. The van der Waals surface area contributed by atoms with E-state index < -0.39 is 6.03 Å². The second-order valence-electron chi connectivity index (χ2n) is 3.45. The van der Waals surface area contributed by atoms with Gasteiger partial charge in [-0.1, -0.05) is 34.8 Å². The molecule has 2 amide bonds. The zero-order chi connectivity index (χ0) is 13.8. The van der Waals surface area contributed by atoms with Crippen LogP contribution in [0.2, 0.25) is 15.2 Å². The van der Waals surface area contributed by atoms with E-state index >= 15 is 0 Å². The summed E-state index contributed by atoms with van der Waals surface area (Å²) >= 11 is 17.2. The molecule has 0 aliphatic carbocycles. The molecule has 0 spiro atoms. The molecule has 19 heavy (non-hydrogen) atoms. The maximum atomic E-state index is 11.7. The first kappa shape index (κ1) is 13.9. The number of hydrogen-bond acceptors (Lipinski definition) is 3. The van der Waals surface area contributed by atoms with Gasteiger partial charge in [-0.25, -0.2) is 4.79 Å². The predicted molar refractivity (Wildman–Crippen MR) is 76.1 cm³/mol. The molecule has 2 rings (SSSR count). The summed E-state index contributed by atoms with van der Waals surface area (Å²) in [4.78, 5) is 11.7. The largest absolute Gasteiger partial charge is 0.324 e. The van der Waals surface area contributed by atoms with Gasteiger partial charge in [0, 0.05) is 5.69 Å². The average molecular weight is 318 g/mol. The van der Waals surface area contributed by atoms with Crippen molar-refractivity contribution in [1.82, 2.24) is 10.2 Å². The maximum Gasteiger partial charge on any atom is 0.324 e. The lowest BCUT2D eigenvalue weighted by molar-refractivity contribution is 0.262. The summed E-state index contributed by atoms with van der Waals surface area (Å²) in [6, 6.07) is 7.32. The smallest absolute Gasteiger partial charge is 0.308 e. The monoisotopic (exact) mass is 316 g/mol. The maximum absolute atomic E-state index is 11.7. The van der Waals surface area contributed by atoms with Crippen LogP contribution < -0.4 is 10.6 Å². The first-order chi connectivity index (χ1) is 9.04. The number of halogens is 3. The molecule has 0 atom stereocenters. The lowest BCUT2D eigenvalue weighted by atomic mass is 10.3. The van der Waals surface area contributed by atoms with E-state index in [0.717, 1.165) is 0 Å². The minimum absolute atomic E-state index is 0.246. The second kappa shape index (κ2) is 6.06. The van der Waals surface area contributed by atoms with Crippen LogP contribution in [0, 0.1) is 0 Å². The third-order valence-electron chi connectivity index (χ3n) is 2.05. The quantitative estimate of drug-likeness (QED) is 0.877. The molecule has 0 bridgehead atoms. The van der Waals surface area contributed by atoms with Crippen LogP contribution in [-0.4, -0.2) is 16.2 Å². The van der Waals surface area contributed by atoms with Gasteiger partial charge in [0.15, 0.2) is 11.0 Å². The molecular formula is C11H7Cl3N4O. The Morgan fingerprint density at radius 2 is 1.74 bits per heavy atom. The van der Waals surface area contributed by atoms with Gasteiger partial charge >= 0.3 is 6.03 Å². The highest BCUT2D eigenvalue weighted by molar-refractivity contribution is 6.42. The number of carbonyl (C=O) groups excluding carboxylic acids is 1. The molecule has 1 aromatic heterocycles. The minimum Gasteiger partial charge on any atom is -0.308 e. The average Bonchev–Trinajstić information content (AvgIpc) is 2.37. The van der Waals surface area contributed by atoms with Gasteiger partial charge in [0.2, 0.25) is 0 Å². The molecule has 0 aliphatic rings. The van der Waals surface area contributed by atoms with Crippen LogP contribution in [-0.2, 0) is 0 Å². The summed E-state index contributed by atoms with van der Waals surface area (Å²) < 4.78 is 0. The Labute approximate surface area is 123 Å². The summed E-state index contributed by atoms with van der Waals surface area (Å²) in [6.07, 6.45) is 0. The number of rotatable bonds is 2. The summed E-state index contributed by atoms with van der Waals surface area (Å²) in [5.41, 5.74) is 0.508.